The summed E-state index contributed by atoms with van der Waals surface area (Å²) >= 11 is 15.2. The third kappa shape index (κ3) is 16.1. The molecule has 0 saturated heterocycles. The van der Waals surface area contributed by atoms with Crippen LogP contribution in [-0.4, -0.2) is 53.9 Å². The number of halogens is 1. The number of urea groups is 3. The SMILES string of the molecule is NC(=O)N(O)C=CCc1ccc(Sc2ccccc2)s1.NC(=O)N(O)Cc1sccc1Sc1ccc(Cl)cc1.NC(=O)N(O)Cc1sccc1Sc1ccccn1. The summed E-state index contributed by atoms with van der Waals surface area (Å²) in [6.07, 6.45) is 5.31. The lowest BCUT2D eigenvalue weighted by molar-refractivity contribution is -0.0467. The van der Waals surface area contributed by atoms with E-state index in [1.807, 2.05) is 89.6 Å². The molecule has 0 atom stereocenters. The molecule has 0 saturated carbocycles. The van der Waals surface area contributed by atoms with Crippen LogP contribution in [0, 0.1) is 0 Å². The number of amides is 6. The highest BCUT2D eigenvalue weighted by molar-refractivity contribution is 8.01. The van der Waals surface area contributed by atoms with Crippen molar-refractivity contribution < 1.29 is 30.0 Å². The zero-order chi connectivity index (χ0) is 41.2. The molecule has 0 fully saturated rings. The Labute approximate surface area is 358 Å². The second-order valence-corrected chi connectivity index (χ2v) is 18.1. The van der Waals surface area contributed by atoms with E-state index >= 15 is 0 Å². The summed E-state index contributed by atoms with van der Waals surface area (Å²) in [4.78, 5) is 43.5. The largest absolute Gasteiger partial charge is 0.350 e. The Morgan fingerprint density at radius 2 is 1.26 bits per heavy atom. The van der Waals surface area contributed by atoms with Gasteiger partial charge < -0.3 is 17.2 Å². The van der Waals surface area contributed by atoms with Gasteiger partial charge in [0.1, 0.15) is 5.03 Å². The number of aromatic nitrogens is 1. The van der Waals surface area contributed by atoms with Crippen LogP contribution in [0.2, 0.25) is 5.02 Å². The molecule has 13 nitrogen and oxygen atoms in total. The molecule has 9 N–H and O–H groups in total. The molecule has 0 unspecified atom stereocenters. The van der Waals surface area contributed by atoms with Gasteiger partial charge in [0, 0.05) is 58.1 Å². The van der Waals surface area contributed by atoms with E-state index in [-0.39, 0.29) is 13.1 Å². The number of rotatable bonds is 13. The molecule has 298 valence electrons. The first-order valence-electron chi connectivity index (χ1n) is 16.3. The van der Waals surface area contributed by atoms with Gasteiger partial charge in [0.05, 0.1) is 17.3 Å². The molecule has 0 bridgehead atoms. The van der Waals surface area contributed by atoms with Crippen molar-refractivity contribution in [2.24, 2.45) is 17.2 Å². The fourth-order valence-corrected chi connectivity index (χ4v) is 10.2. The van der Waals surface area contributed by atoms with E-state index < -0.39 is 18.1 Å². The van der Waals surface area contributed by atoms with E-state index in [0.717, 1.165) is 34.3 Å². The van der Waals surface area contributed by atoms with E-state index in [0.29, 0.717) is 26.6 Å². The van der Waals surface area contributed by atoms with Gasteiger partial charge in [0.2, 0.25) is 0 Å². The van der Waals surface area contributed by atoms with Crippen molar-refractivity contribution >= 4 is 99.0 Å². The van der Waals surface area contributed by atoms with Crippen LogP contribution >= 0.6 is 80.9 Å². The first-order chi connectivity index (χ1) is 27.4. The van der Waals surface area contributed by atoms with Gasteiger partial charge in [0.25, 0.3) is 0 Å². The summed E-state index contributed by atoms with van der Waals surface area (Å²) < 4.78 is 1.20. The Morgan fingerprint density at radius 3 is 1.82 bits per heavy atom. The number of hydrogen-bond donors (Lipinski definition) is 6. The Bertz CT molecular complexity index is 2190. The average molecular weight is 903 g/mol. The molecule has 4 heterocycles. The second-order valence-electron chi connectivity index (χ2n) is 10.9. The van der Waals surface area contributed by atoms with Crippen molar-refractivity contribution in [3.8, 4) is 0 Å². The van der Waals surface area contributed by atoms with Crippen LogP contribution in [0.4, 0.5) is 14.4 Å². The van der Waals surface area contributed by atoms with Crippen LogP contribution in [0.1, 0.15) is 14.6 Å². The minimum atomic E-state index is -0.896. The molecular weight excluding hydrogens is 866 g/mol. The molecule has 0 radical (unpaired) electrons. The Hall–Kier alpha value is -4.54. The summed E-state index contributed by atoms with van der Waals surface area (Å²) in [5, 5.41) is 34.5. The number of nitrogens with two attached hydrogens (primary N) is 3. The molecule has 0 aliphatic heterocycles. The minimum absolute atomic E-state index is 0.0855. The fourth-order valence-electron chi connectivity index (χ4n) is 4.12. The molecule has 0 aliphatic rings. The van der Waals surface area contributed by atoms with Gasteiger partial charge in [-0.1, -0.05) is 77.2 Å². The molecule has 0 aliphatic carbocycles. The van der Waals surface area contributed by atoms with Crippen molar-refractivity contribution in [1.29, 1.82) is 0 Å². The molecule has 57 heavy (non-hydrogen) atoms. The number of thiophene rings is 3. The van der Waals surface area contributed by atoms with Gasteiger partial charge in [-0.05, 0) is 83.6 Å². The first-order valence-corrected chi connectivity index (χ1v) is 21.7. The highest BCUT2D eigenvalue weighted by Crippen LogP contribution is 2.36. The summed E-state index contributed by atoms with van der Waals surface area (Å²) in [7, 11) is 0. The maximum absolute atomic E-state index is 10.8. The molecule has 6 amide bonds. The van der Waals surface area contributed by atoms with Crippen molar-refractivity contribution in [2.75, 3.05) is 0 Å². The van der Waals surface area contributed by atoms with Gasteiger partial charge in [0.15, 0.2) is 0 Å². The zero-order valence-corrected chi connectivity index (χ0v) is 35.3. The zero-order valence-electron chi connectivity index (χ0n) is 29.7. The standard InChI is InChI=1S/C14H14N2O2S2.C12H11ClN2O2S2.C11H11N3O2S2/c15-14(17)16(18)10-4-7-12-8-9-13(20-12)19-11-5-2-1-3-6-11;13-8-1-3-9(4-2-8)19-10-5-6-18-11(10)7-15(17)12(14)16;12-11(15)14(16)7-9-8(4-6-17-9)18-10-3-1-2-5-13-10/h1-6,8-10,18H,7H2,(H2,15,17);1-6,17H,7H2,(H2,14,16);1-6,16H,7H2,(H2,12,15). The number of allylic oxidation sites excluding steroid dienone is 1. The number of primary amides is 3. The topological polar surface area (TPSA) is 213 Å². The smallest absolute Gasteiger partial charge is 0.342 e. The summed E-state index contributed by atoms with van der Waals surface area (Å²) in [5.41, 5.74) is 14.9. The van der Waals surface area contributed by atoms with Crippen LogP contribution in [0.15, 0.2) is 155 Å². The predicted octanol–water partition coefficient (Wildman–Crippen LogP) is 10.1. The van der Waals surface area contributed by atoms with Crippen molar-refractivity contribution in [3.63, 3.8) is 0 Å². The maximum Gasteiger partial charge on any atom is 0.342 e. The average Bonchev–Trinajstić information content (AvgIpc) is 3.96. The van der Waals surface area contributed by atoms with E-state index in [4.69, 9.17) is 34.0 Å². The Balaban J connectivity index is 0.000000190. The lowest BCUT2D eigenvalue weighted by atomic mass is 10.3. The first kappa shape index (κ1) is 45.2. The quantitative estimate of drug-likeness (QED) is 0.0477. The van der Waals surface area contributed by atoms with Gasteiger partial charge in [-0.15, -0.1) is 34.0 Å². The third-order valence-corrected chi connectivity index (χ3v) is 13.5. The Morgan fingerprint density at radius 1 is 0.684 bits per heavy atom. The molecular formula is C37H36ClN7O6S6. The third-order valence-electron chi connectivity index (χ3n) is 6.79. The van der Waals surface area contributed by atoms with Gasteiger partial charge in [-0.2, -0.15) is 5.06 Å². The van der Waals surface area contributed by atoms with Crippen LogP contribution in [0.3, 0.4) is 0 Å². The minimum Gasteiger partial charge on any atom is -0.350 e. The lowest BCUT2D eigenvalue weighted by Crippen LogP contribution is -2.31. The summed E-state index contributed by atoms with van der Waals surface area (Å²) in [6.45, 7) is 0.172. The molecule has 0 spiro atoms. The molecule has 6 aromatic rings. The highest BCUT2D eigenvalue weighted by atomic mass is 35.5. The number of hydroxylamine groups is 6. The molecule has 20 heteroatoms. The van der Waals surface area contributed by atoms with Crippen LogP contribution in [0.25, 0.3) is 0 Å². The van der Waals surface area contributed by atoms with E-state index in [9.17, 15) is 24.8 Å². The van der Waals surface area contributed by atoms with Gasteiger partial charge >= 0.3 is 18.1 Å². The summed E-state index contributed by atoms with van der Waals surface area (Å²) in [5.74, 6) is 0. The number of nitrogens with zero attached hydrogens (tertiary/aromatic N) is 4. The summed E-state index contributed by atoms with van der Waals surface area (Å²) in [6, 6.07) is 28.6. The fraction of sp³-hybridized carbons (Fsp3) is 0.0811. The number of carbonyl (C=O) groups is 3. The molecule has 2 aromatic carbocycles. The van der Waals surface area contributed by atoms with Crippen molar-refractivity contribution in [1.82, 2.24) is 20.2 Å². The van der Waals surface area contributed by atoms with Crippen molar-refractivity contribution in [2.45, 2.75) is 48.3 Å². The highest BCUT2D eigenvalue weighted by Gasteiger charge is 2.14. The lowest BCUT2D eigenvalue weighted by Gasteiger charge is -2.11. The van der Waals surface area contributed by atoms with Gasteiger partial charge in [-0.25, -0.2) is 29.5 Å². The number of benzene rings is 2. The van der Waals surface area contributed by atoms with Gasteiger partial charge in [-0.3, -0.25) is 15.6 Å². The van der Waals surface area contributed by atoms with Crippen LogP contribution < -0.4 is 17.2 Å². The molecule has 4 aromatic heterocycles. The maximum atomic E-state index is 10.8. The van der Waals surface area contributed by atoms with Crippen molar-refractivity contribution in [3.05, 3.63) is 146 Å². The Kier molecular flexibility index (Phi) is 18.7. The second kappa shape index (κ2) is 23.6. The number of pyridine rings is 1. The van der Waals surface area contributed by atoms with Crippen LogP contribution in [-0.2, 0) is 19.5 Å². The number of hydrogen-bond acceptors (Lipinski definition) is 13. The van der Waals surface area contributed by atoms with E-state index in [2.05, 4.69) is 23.2 Å². The van der Waals surface area contributed by atoms with Crippen LogP contribution in [0.5, 0.6) is 0 Å². The number of carbonyl (C=O) groups excluding carboxylic acids is 3. The van der Waals surface area contributed by atoms with E-state index in [1.54, 1.807) is 47.1 Å². The predicted molar refractivity (Wildman–Crippen MR) is 227 cm³/mol. The molecule has 6 rings (SSSR count). The van der Waals surface area contributed by atoms with E-state index in [1.165, 1.54) is 49.7 Å². The monoisotopic (exact) mass is 901 g/mol. The normalized spacial score (nSPS) is 10.5.